The van der Waals surface area contributed by atoms with Gasteiger partial charge in [0.1, 0.15) is 11.9 Å². The molecule has 0 saturated carbocycles. The van der Waals surface area contributed by atoms with Crippen molar-refractivity contribution in [2.45, 2.75) is 18.9 Å². The number of nitriles is 1. The second kappa shape index (κ2) is 7.22. The van der Waals surface area contributed by atoms with Crippen molar-refractivity contribution in [3.63, 3.8) is 0 Å². The predicted octanol–water partition coefficient (Wildman–Crippen LogP) is 2.90. The van der Waals surface area contributed by atoms with Crippen LogP contribution in [0, 0.1) is 17.1 Å². The van der Waals surface area contributed by atoms with Crippen LogP contribution >= 0.6 is 0 Å². The van der Waals surface area contributed by atoms with Crippen molar-refractivity contribution in [3.05, 3.63) is 58.1 Å². The van der Waals surface area contributed by atoms with Crippen LogP contribution in [0.1, 0.15) is 18.4 Å². The number of piperidine rings is 1. The highest BCUT2D eigenvalue weighted by Crippen LogP contribution is 2.29. The molecular weight excluding hydrogens is 381 g/mol. The Labute approximate surface area is 173 Å². The molecular formula is C23H22FN5O. The highest BCUT2D eigenvalue weighted by Gasteiger charge is 2.29. The molecule has 1 aromatic heterocycles. The minimum absolute atomic E-state index is 0.0658. The molecule has 0 atom stereocenters. The molecule has 0 unspecified atom stereocenters. The molecule has 2 bridgehead atoms. The molecule has 3 aromatic rings. The Morgan fingerprint density at radius 3 is 2.70 bits per heavy atom. The van der Waals surface area contributed by atoms with Gasteiger partial charge in [-0.25, -0.2) is 9.37 Å². The third-order valence-electron chi connectivity index (χ3n) is 6.41. The van der Waals surface area contributed by atoms with E-state index < -0.39 is 5.82 Å². The van der Waals surface area contributed by atoms with Crippen molar-refractivity contribution in [3.8, 4) is 17.5 Å². The van der Waals surface area contributed by atoms with E-state index in [9.17, 15) is 9.18 Å². The minimum Gasteiger partial charge on any atom is -0.367 e. The summed E-state index contributed by atoms with van der Waals surface area (Å²) in [6.07, 6.45) is 2.28. The average molecular weight is 403 g/mol. The molecule has 6 rings (SSSR count). The van der Waals surface area contributed by atoms with Crippen LogP contribution in [0.25, 0.3) is 22.3 Å². The number of fused-ring (bicyclic) bond motifs is 5. The molecule has 3 aliphatic heterocycles. The van der Waals surface area contributed by atoms with Gasteiger partial charge in [0.25, 0.3) is 5.56 Å². The van der Waals surface area contributed by atoms with Crippen molar-refractivity contribution in [2.24, 2.45) is 7.05 Å². The first kappa shape index (κ1) is 18.8. The number of aromatic nitrogens is 2. The van der Waals surface area contributed by atoms with Gasteiger partial charge in [-0.15, -0.1) is 0 Å². The summed E-state index contributed by atoms with van der Waals surface area (Å²) in [5, 5.41) is 9.64. The molecule has 3 aliphatic rings. The van der Waals surface area contributed by atoms with Crippen molar-refractivity contribution in [1.29, 1.82) is 5.26 Å². The molecule has 0 spiro atoms. The molecule has 0 amide bonds. The van der Waals surface area contributed by atoms with Gasteiger partial charge >= 0.3 is 0 Å². The number of anilines is 1. The molecule has 0 aliphatic carbocycles. The van der Waals surface area contributed by atoms with Crippen LogP contribution in [0.4, 0.5) is 10.1 Å². The van der Waals surface area contributed by atoms with E-state index in [0.29, 0.717) is 16.9 Å². The van der Waals surface area contributed by atoms with E-state index in [2.05, 4.69) is 14.8 Å². The minimum atomic E-state index is -0.658. The first-order valence-electron chi connectivity index (χ1n) is 10.3. The van der Waals surface area contributed by atoms with Crippen LogP contribution in [0.3, 0.4) is 0 Å². The van der Waals surface area contributed by atoms with E-state index in [4.69, 9.17) is 5.26 Å². The number of hydrogen-bond acceptors (Lipinski definition) is 5. The smallest absolute Gasteiger partial charge is 0.261 e. The second-order valence-electron chi connectivity index (χ2n) is 8.05. The Bertz CT molecular complexity index is 1240. The zero-order chi connectivity index (χ0) is 20.8. The zero-order valence-electron chi connectivity index (χ0n) is 16.8. The number of benzene rings is 2. The monoisotopic (exact) mass is 403 g/mol. The highest BCUT2D eigenvalue weighted by molar-refractivity contribution is 5.83. The van der Waals surface area contributed by atoms with E-state index in [1.165, 1.54) is 10.6 Å². The fraction of sp³-hybridized carbons (Fsp3) is 0.348. The Morgan fingerprint density at radius 1 is 1.13 bits per heavy atom. The Kier molecular flexibility index (Phi) is 4.52. The van der Waals surface area contributed by atoms with Crippen molar-refractivity contribution < 1.29 is 4.39 Å². The van der Waals surface area contributed by atoms with Gasteiger partial charge in [-0.2, -0.15) is 5.26 Å². The number of hydrogen-bond donors (Lipinski definition) is 0. The Hall–Kier alpha value is -3.24. The van der Waals surface area contributed by atoms with Gasteiger partial charge in [0.15, 0.2) is 5.82 Å². The Balaban J connectivity index is 1.62. The second-order valence-corrected chi connectivity index (χ2v) is 8.05. The summed E-state index contributed by atoms with van der Waals surface area (Å²) < 4.78 is 16.1. The fourth-order valence-corrected chi connectivity index (χ4v) is 4.70. The van der Waals surface area contributed by atoms with Gasteiger partial charge < -0.3 is 9.80 Å². The molecule has 0 N–H and O–H groups in total. The van der Waals surface area contributed by atoms with Gasteiger partial charge in [0, 0.05) is 45.0 Å². The molecule has 0 radical (unpaired) electrons. The normalized spacial score (nSPS) is 20.9. The maximum absolute atomic E-state index is 14.7. The number of rotatable bonds is 2. The summed E-state index contributed by atoms with van der Waals surface area (Å²) >= 11 is 0. The van der Waals surface area contributed by atoms with Crippen molar-refractivity contribution in [1.82, 2.24) is 14.5 Å². The van der Waals surface area contributed by atoms with Gasteiger partial charge in [0.2, 0.25) is 0 Å². The summed E-state index contributed by atoms with van der Waals surface area (Å²) in [6.45, 7) is 4.26. The number of nitrogens with zero attached hydrogens (tertiary/aromatic N) is 5. The van der Waals surface area contributed by atoms with E-state index in [1.54, 1.807) is 19.2 Å². The van der Waals surface area contributed by atoms with Crippen LogP contribution in [-0.4, -0.2) is 46.7 Å². The molecule has 30 heavy (non-hydrogen) atoms. The lowest BCUT2D eigenvalue weighted by Gasteiger charge is -2.33. The van der Waals surface area contributed by atoms with Crippen LogP contribution < -0.4 is 10.5 Å². The Morgan fingerprint density at radius 2 is 1.93 bits per heavy atom. The van der Waals surface area contributed by atoms with E-state index >= 15 is 0 Å². The maximum atomic E-state index is 14.7. The van der Waals surface area contributed by atoms with E-state index in [0.717, 1.165) is 44.7 Å². The van der Waals surface area contributed by atoms with Crippen LogP contribution in [0.5, 0.6) is 0 Å². The molecule has 6 nitrogen and oxygen atoms in total. The topological polar surface area (TPSA) is 65.2 Å². The van der Waals surface area contributed by atoms with Gasteiger partial charge in [0.05, 0.1) is 22.0 Å². The summed E-state index contributed by atoms with van der Waals surface area (Å²) in [4.78, 5) is 22.6. The predicted molar refractivity (Wildman–Crippen MR) is 114 cm³/mol. The third-order valence-corrected chi connectivity index (χ3v) is 6.41. The summed E-state index contributed by atoms with van der Waals surface area (Å²) in [5.74, 6) is -0.440. The lowest BCUT2D eigenvalue weighted by Crippen LogP contribution is -2.38. The zero-order valence-corrected chi connectivity index (χ0v) is 16.8. The molecule has 3 fully saturated rings. The highest BCUT2D eigenvalue weighted by atomic mass is 19.1. The van der Waals surface area contributed by atoms with Gasteiger partial charge in [-0.3, -0.25) is 9.36 Å². The fourth-order valence-electron chi connectivity index (χ4n) is 4.70. The average Bonchev–Trinajstić information content (AvgIpc) is 3.10. The first-order valence-corrected chi connectivity index (χ1v) is 10.3. The van der Waals surface area contributed by atoms with Gasteiger partial charge in [-0.1, -0.05) is 6.07 Å². The largest absolute Gasteiger partial charge is 0.367 e. The van der Waals surface area contributed by atoms with E-state index in [-0.39, 0.29) is 22.5 Å². The molecule has 2 aromatic carbocycles. The SMILES string of the molecule is Cn1c(-c2cccc(C#N)c2F)nc2ccc(N3CCN4CCC3CC4)cc2c1=O. The third kappa shape index (κ3) is 2.96. The molecule has 7 heteroatoms. The summed E-state index contributed by atoms with van der Waals surface area (Å²) in [7, 11) is 1.59. The van der Waals surface area contributed by atoms with Gasteiger partial charge in [-0.05, 0) is 43.2 Å². The van der Waals surface area contributed by atoms with Crippen molar-refractivity contribution in [2.75, 3.05) is 31.1 Å². The molecule has 3 saturated heterocycles. The molecule has 4 heterocycles. The quantitative estimate of drug-likeness (QED) is 0.658. The van der Waals surface area contributed by atoms with E-state index in [1.807, 2.05) is 24.3 Å². The number of halogens is 1. The van der Waals surface area contributed by atoms with Crippen molar-refractivity contribution >= 4 is 16.6 Å². The first-order chi connectivity index (χ1) is 14.6. The summed E-state index contributed by atoms with van der Waals surface area (Å²) in [6, 6.07) is 12.7. The standard InChI is InChI=1S/C23H22FN5O/c1-27-22(18-4-2-3-15(14-25)21(18)24)26-20-6-5-17(13-19(20)23(27)30)29-12-11-28-9-7-16(29)8-10-28/h2-6,13,16H,7-12H2,1H3. The van der Waals surface area contributed by atoms with Crippen LogP contribution in [-0.2, 0) is 7.05 Å². The van der Waals surface area contributed by atoms with Crippen LogP contribution in [0.15, 0.2) is 41.2 Å². The maximum Gasteiger partial charge on any atom is 0.261 e. The lowest BCUT2D eigenvalue weighted by molar-refractivity contribution is 0.250. The molecule has 152 valence electrons. The lowest BCUT2D eigenvalue weighted by atomic mass is 10.0. The summed E-state index contributed by atoms with van der Waals surface area (Å²) in [5.41, 5.74) is 1.44. The van der Waals surface area contributed by atoms with Crippen LogP contribution in [0.2, 0.25) is 0 Å².